The largest absolute Gasteiger partial charge is 0.265 e. The first-order valence-corrected chi connectivity index (χ1v) is 5.93. The molecule has 2 heterocycles. The number of para-hydroxylation sites is 1. The summed E-state index contributed by atoms with van der Waals surface area (Å²) in [6, 6.07) is 13.9. The number of nitrogens with zero attached hydrogens (tertiary/aromatic N) is 4. The monoisotopic (exact) mass is 254 g/mol. The average Bonchev–Trinajstić information content (AvgIpc) is 2.86. The van der Waals surface area contributed by atoms with Crippen LogP contribution in [0.5, 0.6) is 0 Å². The van der Waals surface area contributed by atoms with Crippen LogP contribution < -0.4 is 0 Å². The third kappa shape index (κ3) is 2.12. The summed E-state index contributed by atoms with van der Waals surface area (Å²) < 4.78 is 5.39. The van der Waals surface area contributed by atoms with Crippen LogP contribution in [0.4, 0.5) is 5.82 Å². The van der Waals surface area contributed by atoms with Gasteiger partial charge in [0, 0.05) is 30.1 Å². The highest BCUT2D eigenvalue weighted by Crippen LogP contribution is 2.13. The Hall–Kier alpha value is -2.14. The maximum absolute atomic E-state index is 4.59. The first kappa shape index (κ1) is 11.0. The molecule has 3 aromatic rings. The summed E-state index contributed by atoms with van der Waals surface area (Å²) in [7, 11) is 0. The Morgan fingerprint density at radius 2 is 2.00 bits per heavy atom. The van der Waals surface area contributed by atoms with Crippen molar-refractivity contribution in [3.8, 4) is 0 Å². The van der Waals surface area contributed by atoms with Crippen LogP contribution in [0, 0.1) is 0 Å². The lowest BCUT2D eigenvalue weighted by Gasteiger charge is -2.03. The van der Waals surface area contributed by atoms with Crippen molar-refractivity contribution in [3.05, 3.63) is 54.4 Å². The van der Waals surface area contributed by atoms with Gasteiger partial charge in [-0.1, -0.05) is 24.3 Å². The molecule has 0 atom stereocenters. The number of pyridine rings is 1. The molecule has 5 heteroatoms. The Morgan fingerprint density at radius 1 is 1.11 bits per heavy atom. The highest BCUT2D eigenvalue weighted by atomic mass is 32.1. The van der Waals surface area contributed by atoms with Crippen molar-refractivity contribution in [2.45, 2.75) is 6.54 Å². The lowest BCUT2D eigenvalue weighted by Crippen LogP contribution is -2.02. The maximum Gasteiger partial charge on any atom is 0.187 e. The number of benzene rings is 1. The first-order valence-electron chi connectivity index (χ1n) is 5.57. The lowest BCUT2D eigenvalue weighted by molar-refractivity contribution is 0.676. The van der Waals surface area contributed by atoms with E-state index >= 15 is 0 Å². The van der Waals surface area contributed by atoms with Gasteiger partial charge in [0.1, 0.15) is 0 Å². The fourth-order valence-electron chi connectivity index (χ4n) is 1.85. The summed E-state index contributed by atoms with van der Waals surface area (Å²) in [5, 5.41) is 5.35. The third-order valence-electron chi connectivity index (χ3n) is 2.70. The van der Waals surface area contributed by atoms with E-state index in [1.165, 1.54) is 0 Å². The smallest absolute Gasteiger partial charge is 0.187 e. The Labute approximate surface area is 109 Å². The minimum atomic E-state index is 0.561. The summed E-state index contributed by atoms with van der Waals surface area (Å²) >= 11 is 4.59. The number of fused-ring (bicyclic) bond motifs is 1. The molecule has 0 bridgehead atoms. The molecule has 0 N–H and O–H groups in total. The van der Waals surface area contributed by atoms with Gasteiger partial charge >= 0.3 is 0 Å². The van der Waals surface area contributed by atoms with Crippen LogP contribution >= 0.6 is 0 Å². The van der Waals surface area contributed by atoms with E-state index < -0.39 is 0 Å². The molecule has 0 aliphatic carbocycles. The fourth-order valence-corrected chi connectivity index (χ4v) is 1.95. The predicted octanol–water partition coefficient (Wildman–Crippen LogP) is 2.84. The van der Waals surface area contributed by atoms with Gasteiger partial charge in [0.15, 0.2) is 5.82 Å². The second-order valence-corrected chi connectivity index (χ2v) is 4.14. The van der Waals surface area contributed by atoms with Crippen molar-refractivity contribution < 1.29 is 0 Å². The molecule has 0 saturated heterocycles. The van der Waals surface area contributed by atoms with Gasteiger partial charge in [-0.25, -0.2) is 0 Å². The zero-order valence-electron chi connectivity index (χ0n) is 9.52. The molecule has 0 saturated carbocycles. The second kappa shape index (κ2) is 4.62. The van der Waals surface area contributed by atoms with Gasteiger partial charge in [0.25, 0.3) is 0 Å². The molecule has 3 rings (SSSR count). The molecule has 0 spiro atoms. The molecule has 1 aromatic carbocycles. The quantitative estimate of drug-likeness (QED) is 0.721. The van der Waals surface area contributed by atoms with E-state index in [1.807, 2.05) is 36.5 Å². The molecular weight excluding hydrogens is 244 g/mol. The molecule has 2 aromatic heterocycles. The Kier molecular flexibility index (Phi) is 2.82. The normalized spacial score (nSPS) is 10.7. The maximum atomic E-state index is 4.59. The molecule has 0 amide bonds. The van der Waals surface area contributed by atoms with E-state index in [-0.39, 0.29) is 0 Å². The first-order chi connectivity index (χ1) is 8.85. The van der Waals surface area contributed by atoms with Gasteiger partial charge in [0.2, 0.25) is 0 Å². The van der Waals surface area contributed by atoms with Crippen LogP contribution in [-0.4, -0.2) is 14.8 Å². The topological polar surface area (TPSA) is 43.1 Å². The zero-order valence-corrected chi connectivity index (χ0v) is 10.3. The van der Waals surface area contributed by atoms with Gasteiger partial charge in [-0.15, -0.1) is 0 Å². The number of aromatic nitrogens is 3. The van der Waals surface area contributed by atoms with Crippen molar-refractivity contribution in [1.82, 2.24) is 14.8 Å². The predicted molar refractivity (Wildman–Crippen MR) is 72.5 cm³/mol. The second-order valence-electron chi connectivity index (χ2n) is 3.96. The van der Waals surface area contributed by atoms with Crippen LogP contribution in [0.2, 0.25) is 0 Å². The lowest BCUT2D eigenvalue weighted by atomic mass is 10.2. The summed E-state index contributed by atoms with van der Waals surface area (Å²) in [6.45, 7) is 0.621. The van der Waals surface area contributed by atoms with Crippen molar-refractivity contribution in [3.63, 3.8) is 0 Å². The number of rotatable bonds is 3. The number of hydrogen-bond donors (Lipinski definition) is 0. The van der Waals surface area contributed by atoms with Crippen LogP contribution in [0.15, 0.2) is 53.0 Å². The molecule has 18 heavy (non-hydrogen) atoms. The van der Waals surface area contributed by atoms with Crippen molar-refractivity contribution >= 4 is 29.1 Å². The van der Waals surface area contributed by atoms with E-state index in [2.05, 4.69) is 32.9 Å². The molecule has 4 nitrogen and oxygen atoms in total. The third-order valence-corrected chi connectivity index (χ3v) is 2.89. The van der Waals surface area contributed by atoms with Gasteiger partial charge in [-0.2, -0.15) is 9.46 Å². The van der Waals surface area contributed by atoms with Gasteiger partial charge in [-0.05, 0) is 12.1 Å². The summed E-state index contributed by atoms with van der Waals surface area (Å²) in [5.74, 6) is 0.561. The van der Waals surface area contributed by atoms with Crippen molar-refractivity contribution in [1.29, 1.82) is 0 Å². The molecule has 0 radical (unpaired) electrons. The molecule has 0 unspecified atom stereocenters. The van der Waals surface area contributed by atoms with Crippen LogP contribution in [0.25, 0.3) is 10.9 Å². The molecule has 0 aliphatic heterocycles. The minimum absolute atomic E-state index is 0.561. The summed E-state index contributed by atoms with van der Waals surface area (Å²) in [5.41, 5.74) is 1.96. The van der Waals surface area contributed by atoms with Crippen molar-refractivity contribution in [2.75, 3.05) is 0 Å². The van der Waals surface area contributed by atoms with Gasteiger partial charge in [0.05, 0.1) is 17.8 Å². The molecule has 0 fully saturated rings. The van der Waals surface area contributed by atoms with Gasteiger partial charge < -0.3 is 0 Å². The van der Waals surface area contributed by atoms with E-state index in [0.717, 1.165) is 16.6 Å². The zero-order chi connectivity index (χ0) is 12.4. The summed E-state index contributed by atoms with van der Waals surface area (Å²) in [4.78, 5) is 4.59. The SMILES string of the molecule is S=Nc1ccn(Cc2ccc3ccccc3n2)n1. The van der Waals surface area contributed by atoms with E-state index in [9.17, 15) is 0 Å². The minimum Gasteiger partial charge on any atom is -0.265 e. The Balaban J connectivity index is 1.92. The average molecular weight is 254 g/mol. The van der Waals surface area contributed by atoms with Gasteiger partial charge in [-0.3, -0.25) is 9.67 Å². The summed E-state index contributed by atoms with van der Waals surface area (Å²) in [6.07, 6.45) is 1.85. The molecular formula is C13H10N4S. The number of hydrogen-bond acceptors (Lipinski definition) is 4. The van der Waals surface area contributed by atoms with E-state index in [0.29, 0.717) is 12.4 Å². The molecule has 88 valence electrons. The highest BCUT2D eigenvalue weighted by Gasteiger charge is 2.01. The van der Waals surface area contributed by atoms with Crippen LogP contribution in [-0.2, 0) is 19.0 Å². The standard InChI is InChI=1S/C13H10N4S/c18-16-13-7-8-17(15-13)9-11-6-5-10-3-1-2-4-12(10)14-11/h1-8H,9H2. The fraction of sp³-hybridized carbons (Fsp3) is 0.0769. The van der Waals surface area contributed by atoms with Crippen molar-refractivity contribution in [2.24, 2.45) is 4.36 Å². The molecule has 0 aliphatic rings. The Bertz CT molecular complexity index is 705. The van der Waals surface area contributed by atoms with Crippen LogP contribution in [0.1, 0.15) is 5.69 Å². The highest BCUT2D eigenvalue weighted by molar-refractivity contribution is 7.47. The van der Waals surface area contributed by atoms with E-state index in [4.69, 9.17) is 0 Å². The van der Waals surface area contributed by atoms with E-state index in [1.54, 1.807) is 10.7 Å². The Morgan fingerprint density at radius 3 is 2.83 bits per heavy atom. The van der Waals surface area contributed by atoms with Crippen LogP contribution in [0.3, 0.4) is 0 Å².